The summed E-state index contributed by atoms with van der Waals surface area (Å²) in [5, 5.41) is 2.98. The van der Waals surface area contributed by atoms with E-state index >= 15 is 0 Å². The minimum absolute atomic E-state index is 0.0123. The Hall–Kier alpha value is -2.04. The second-order valence-electron chi connectivity index (χ2n) is 7.61. The van der Waals surface area contributed by atoms with E-state index in [1.165, 1.54) is 12.8 Å². The van der Waals surface area contributed by atoms with Gasteiger partial charge in [0, 0.05) is 24.6 Å². The highest BCUT2D eigenvalue weighted by atomic mass is 16.5. The first-order valence-corrected chi connectivity index (χ1v) is 9.52. The van der Waals surface area contributed by atoms with Gasteiger partial charge in [-0.15, -0.1) is 0 Å². The summed E-state index contributed by atoms with van der Waals surface area (Å²) in [4.78, 5) is 26.4. The maximum absolute atomic E-state index is 12.4. The lowest BCUT2D eigenvalue weighted by Crippen LogP contribution is -2.39. The Labute approximate surface area is 148 Å². The lowest BCUT2D eigenvalue weighted by molar-refractivity contribution is -0.132. The first-order valence-electron chi connectivity index (χ1n) is 9.52. The number of carbonyl (C=O) groups is 2. The van der Waals surface area contributed by atoms with Gasteiger partial charge in [-0.2, -0.15) is 0 Å². The summed E-state index contributed by atoms with van der Waals surface area (Å²) in [6.07, 6.45) is 7.38. The lowest BCUT2D eigenvalue weighted by atomic mass is 10.2. The van der Waals surface area contributed by atoms with Gasteiger partial charge in [-0.25, -0.2) is 0 Å². The molecular weight excluding hydrogens is 316 g/mol. The van der Waals surface area contributed by atoms with E-state index in [0.29, 0.717) is 36.5 Å². The van der Waals surface area contributed by atoms with Crippen LogP contribution in [0.4, 0.5) is 0 Å². The highest BCUT2D eigenvalue weighted by Crippen LogP contribution is 2.34. The van der Waals surface area contributed by atoms with Crippen LogP contribution in [-0.4, -0.2) is 41.9 Å². The third-order valence-electron chi connectivity index (χ3n) is 5.33. The van der Waals surface area contributed by atoms with Crippen LogP contribution in [0.2, 0.25) is 0 Å². The predicted octanol–water partition coefficient (Wildman–Crippen LogP) is 2.75. The highest BCUT2D eigenvalue weighted by molar-refractivity contribution is 5.94. The second kappa shape index (κ2) is 7.06. The van der Waals surface area contributed by atoms with Crippen LogP contribution in [0.15, 0.2) is 24.3 Å². The van der Waals surface area contributed by atoms with E-state index in [-0.39, 0.29) is 11.9 Å². The minimum atomic E-state index is -0.0123. The Bertz CT molecular complexity index is 635. The summed E-state index contributed by atoms with van der Waals surface area (Å²) < 4.78 is 5.89. The number of rotatable bonds is 7. The topological polar surface area (TPSA) is 58.6 Å². The predicted molar refractivity (Wildman–Crippen MR) is 94.5 cm³/mol. The summed E-state index contributed by atoms with van der Waals surface area (Å²) in [5.74, 6) is 1.66. The molecule has 1 N–H and O–H groups in total. The molecule has 0 bridgehead atoms. The standard InChI is InChI=1S/C20H26N2O3/c23-19(12-14-3-4-14)22-11-1-2-17(22)13-25-18-9-5-15(6-10-18)20(24)21-16-7-8-16/h5-6,9-10,14,16-17H,1-4,7-8,11-13H2,(H,21,24). The average molecular weight is 342 g/mol. The van der Waals surface area contributed by atoms with Crippen LogP contribution in [0, 0.1) is 5.92 Å². The first kappa shape index (κ1) is 16.4. The van der Waals surface area contributed by atoms with E-state index in [1.807, 2.05) is 17.0 Å². The minimum Gasteiger partial charge on any atom is -0.491 e. The molecule has 1 aromatic rings. The number of hydrogen-bond acceptors (Lipinski definition) is 3. The molecule has 0 radical (unpaired) electrons. The Morgan fingerprint density at radius 3 is 2.52 bits per heavy atom. The average Bonchev–Trinajstić information content (AvgIpc) is 3.54. The normalized spacial score (nSPS) is 22.7. The third-order valence-corrected chi connectivity index (χ3v) is 5.33. The number of hydrogen-bond donors (Lipinski definition) is 1. The molecule has 2 saturated carbocycles. The van der Waals surface area contributed by atoms with Crippen molar-refractivity contribution in [2.75, 3.05) is 13.2 Å². The SMILES string of the molecule is O=C(NC1CC1)c1ccc(OCC2CCCN2C(=O)CC2CC2)cc1. The molecule has 5 heteroatoms. The zero-order valence-electron chi connectivity index (χ0n) is 14.6. The Morgan fingerprint density at radius 1 is 1.08 bits per heavy atom. The molecule has 1 aromatic carbocycles. The molecule has 0 aromatic heterocycles. The summed E-state index contributed by atoms with van der Waals surface area (Å²) in [7, 11) is 0. The molecule has 1 saturated heterocycles. The van der Waals surface area contributed by atoms with Crippen molar-refractivity contribution < 1.29 is 14.3 Å². The van der Waals surface area contributed by atoms with Gasteiger partial charge in [0.2, 0.25) is 5.91 Å². The van der Waals surface area contributed by atoms with E-state index in [2.05, 4.69) is 5.32 Å². The number of carbonyl (C=O) groups excluding carboxylic acids is 2. The second-order valence-corrected chi connectivity index (χ2v) is 7.61. The Balaban J connectivity index is 1.28. The number of ether oxygens (including phenoxy) is 1. The fraction of sp³-hybridized carbons (Fsp3) is 0.600. The molecule has 4 rings (SSSR count). The van der Waals surface area contributed by atoms with Gasteiger partial charge in [0.05, 0.1) is 6.04 Å². The molecular formula is C20H26N2O3. The molecule has 1 unspecified atom stereocenters. The van der Waals surface area contributed by atoms with Crippen molar-refractivity contribution in [3.05, 3.63) is 29.8 Å². The molecule has 1 heterocycles. The van der Waals surface area contributed by atoms with Crippen LogP contribution >= 0.6 is 0 Å². The van der Waals surface area contributed by atoms with Crippen molar-refractivity contribution in [2.24, 2.45) is 5.92 Å². The van der Waals surface area contributed by atoms with Crippen LogP contribution in [0.1, 0.15) is 55.3 Å². The third kappa shape index (κ3) is 4.33. The van der Waals surface area contributed by atoms with Gasteiger partial charge in [0.1, 0.15) is 12.4 Å². The molecule has 134 valence electrons. The van der Waals surface area contributed by atoms with Crippen LogP contribution in [0.25, 0.3) is 0 Å². The fourth-order valence-electron chi connectivity index (χ4n) is 3.41. The van der Waals surface area contributed by atoms with Crippen molar-refractivity contribution in [3.8, 4) is 5.75 Å². The molecule has 3 aliphatic rings. The Kier molecular flexibility index (Phi) is 4.64. The summed E-state index contributed by atoms with van der Waals surface area (Å²) in [6, 6.07) is 7.84. The van der Waals surface area contributed by atoms with Crippen molar-refractivity contribution in [2.45, 2.75) is 57.0 Å². The zero-order valence-corrected chi connectivity index (χ0v) is 14.6. The molecule has 1 atom stereocenters. The maximum Gasteiger partial charge on any atom is 0.251 e. The van der Waals surface area contributed by atoms with Gasteiger partial charge in [0.25, 0.3) is 5.91 Å². The maximum atomic E-state index is 12.4. The molecule has 5 nitrogen and oxygen atoms in total. The smallest absolute Gasteiger partial charge is 0.251 e. The monoisotopic (exact) mass is 342 g/mol. The number of benzene rings is 1. The van der Waals surface area contributed by atoms with Crippen LogP contribution in [-0.2, 0) is 4.79 Å². The van der Waals surface area contributed by atoms with Gasteiger partial charge in [-0.3, -0.25) is 9.59 Å². The van der Waals surface area contributed by atoms with Crippen molar-refractivity contribution >= 4 is 11.8 Å². The van der Waals surface area contributed by atoms with E-state index in [4.69, 9.17) is 4.74 Å². The van der Waals surface area contributed by atoms with Gasteiger partial charge >= 0.3 is 0 Å². The Morgan fingerprint density at radius 2 is 1.84 bits per heavy atom. The number of nitrogens with zero attached hydrogens (tertiary/aromatic N) is 1. The van der Waals surface area contributed by atoms with E-state index in [9.17, 15) is 9.59 Å². The van der Waals surface area contributed by atoms with Crippen molar-refractivity contribution in [1.29, 1.82) is 0 Å². The van der Waals surface area contributed by atoms with Gasteiger partial charge < -0.3 is 15.0 Å². The van der Waals surface area contributed by atoms with E-state index in [0.717, 1.165) is 38.0 Å². The van der Waals surface area contributed by atoms with Gasteiger partial charge in [-0.1, -0.05) is 0 Å². The fourth-order valence-corrected chi connectivity index (χ4v) is 3.41. The van der Waals surface area contributed by atoms with E-state index in [1.54, 1.807) is 12.1 Å². The summed E-state index contributed by atoms with van der Waals surface area (Å²) in [5.41, 5.74) is 0.668. The molecule has 25 heavy (non-hydrogen) atoms. The van der Waals surface area contributed by atoms with Crippen molar-refractivity contribution in [3.63, 3.8) is 0 Å². The van der Waals surface area contributed by atoms with Crippen molar-refractivity contribution in [1.82, 2.24) is 10.2 Å². The van der Waals surface area contributed by atoms with Gasteiger partial charge in [-0.05, 0) is 68.7 Å². The number of likely N-dealkylation sites (tertiary alicyclic amines) is 1. The van der Waals surface area contributed by atoms with Crippen LogP contribution in [0.3, 0.4) is 0 Å². The van der Waals surface area contributed by atoms with E-state index < -0.39 is 0 Å². The lowest BCUT2D eigenvalue weighted by Gasteiger charge is -2.25. The number of nitrogens with one attached hydrogen (secondary N) is 1. The summed E-state index contributed by atoms with van der Waals surface area (Å²) in [6.45, 7) is 1.39. The molecule has 0 spiro atoms. The molecule has 2 aliphatic carbocycles. The molecule has 1 aliphatic heterocycles. The largest absolute Gasteiger partial charge is 0.491 e. The van der Waals surface area contributed by atoms with Gasteiger partial charge in [0.15, 0.2) is 0 Å². The quantitative estimate of drug-likeness (QED) is 0.829. The highest BCUT2D eigenvalue weighted by Gasteiger charge is 2.33. The molecule has 3 fully saturated rings. The van der Waals surface area contributed by atoms with Crippen LogP contribution in [0.5, 0.6) is 5.75 Å². The van der Waals surface area contributed by atoms with Crippen LogP contribution < -0.4 is 10.1 Å². The number of amides is 2. The molecule has 2 amide bonds. The summed E-state index contributed by atoms with van der Waals surface area (Å²) >= 11 is 0. The first-order chi connectivity index (χ1) is 12.2. The zero-order chi connectivity index (χ0) is 17.2.